The van der Waals surface area contributed by atoms with Gasteiger partial charge in [-0.15, -0.1) is 11.3 Å². The van der Waals surface area contributed by atoms with Gasteiger partial charge in [0.15, 0.2) is 0 Å². The van der Waals surface area contributed by atoms with Crippen molar-refractivity contribution < 1.29 is 4.79 Å². The first-order valence-electron chi connectivity index (χ1n) is 6.66. The van der Waals surface area contributed by atoms with Gasteiger partial charge in [-0.25, -0.2) is 0 Å². The van der Waals surface area contributed by atoms with Crippen LogP contribution in [-0.4, -0.2) is 5.91 Å². The molecule has 3 nitrogen and oxygen atoms in total. The molecule has 1 aromatic heterocycles. The van der Waals surface area contributed by atoms with Crippen LogP contribution in [0.4, 0.5) is 5.00 Å². The summed E-state index contributed by atoms with van der Waals surface area (Å²) >= 11 is 1.39. The van der Waals surface area contributed by atoms with E-state index in [1.807, 2.05) is 29.2 Å². The number of nitrogens with zero attached hydrogens (tertiary/aromatic N) is 2. The van der Waals surface area contributed by atoms with Crippen LogP contribution in [0.1, 0.15) is 35.7 Å². The van der Waals surface area contributed by atoms with E-state index in [2.05, 4.69) is 18.2 Å². The lowest BCUT2D eigenvalue weighted by atomic mass is 9.95. The van der Waals surface area contributed by atoms with Crippen LogP contribution < -0.4 is 4.90 Å². The van der Waals surface area contributed by atoms with Gasteiger partial charge in [-0.1, -0.05) is 30.3 Å². The topological polar surface area (TPSA) is 44.1 Å². The normalized spacial score (nSPS) is 18.9. The Morgan fingerprint density at radius 1 is 1.20 bits per heavy atom. The number of carbonyl (C=O) groups excluding carboxylic acids is 1. The Morgan fingerprint density at radius 3 is 2.70 bits per heavy atom. The number of nitriles is 1. The molecule has 0 saturated carbocycles. The quantitative estimate of drug-likeness (QED) is 0.839. The molecule has 1 amide bonds. The predicted molar refractivity (Wildman–Crippen MR) is 79.6 cm³/mol. The molecular formula is C16H14N2OS. The van der Waals surface area contributed by atoms with Gasteiger partial charge in [-0.3, -0.25) is 9.69 Å². The van der Waals surface area contributed by atoms with Gasteiger partial charge in [-0.05, 0) is 30.5 Å². The minimum absolute atomic E-state index is 0.0858. The van der Waals surface area contributed by atoms with Crippen molar-refractivity contribution in [1.82, 2.24) is 0 Å². The Hall–Kier alpha value is -2.12. The maximum Gasteiger partial charge on any atom is 0.228 e. The molecule has 0 aliphatic carbocycles. The van der Waals surface area contributed by atoms with Crippen molar-refractivity contribution in [3.8, 4) is 6.07 Å². The molecular weight excluding hydrogens is 268 g/mol. The smallest absolute Gasteiger partial charge is 0.228 e. The molecule has 1 unspecified atom stereocenters. The molecule has 1 saturated heterocycles. The highest BCUT2D eigenvalue weighted by atomic mass is 32.1. The average Bonchev–Trinajstić information content (AvgIpc) is 2.96. The van der Waals surface area contributed by atoms with Crippen LogP contribution in [0.3, 0.4) is 0 Å². The van der Waals surface area contributed by atoms with Crippen LogP contribution in [0, 0.1) is 11.3 Å². The summed E-state index contributed by atoms with van der Waals surface area (Å²) in [6.45, 7) is 0. The van der Waals surface area contributed by atoms with Crippen LogP contribution in [-0.2, 0) is 4.79 Å². The van der Waals surface area contributed by atoms with Crippen molar-refractivity contribution in [2.24, 2.45) is 0 Å². The molecule has 0 bridgehead atoms. The molecule has 4 heteroatoms. The zero-order chi connectivity index (χ0) is 13.9. The number of carbonyl (C=O) groups is 1. The van der Waals surface area contributed by atoms with E-state index >= 15 is 0 Å². The molecule has 1 aromatic carbocycles. The summed E-state index contributed by atoms with van der Waals surface area (Å²) in [6, 6.07) is 16.0. The first kappa shape index (κ1) is 12.9. The summed E-state index contributed by atoms with van der Waals surface area (Å²) < 4.78 is 0. The molecule has 1 aliphatic heterocycles. The molecule has 0 N–H and O–H groups in total. The Kier molecular flexibility index (Phi) is 3.53. The lowest BCUT2D eigenvalue weighted by Gasteiger charge is -2.35. The molecule has 0 spiro atoms. The van der Waals surface area contributed by atoms with Gasteiger partial charge in [0, 0.05) is 6.42 Å². The fraction of sp³-hybridized carbons (Fsp3) is 0.250. The lowest BCUT2D eigenvalue weighted by molar-refractivity contribution is -0.120. The summed E-state index contributed by atoms with van der Waals surface area (Å²) in [6.07, 6.45) is 2.48. The fourth-order valence-electron chi connectivity index (χ4n) is 2.65. The van der Waals surface area contributed by atoms with Crippen LogP contribution in [0.2, 0.25) is 0 Å². The zero-order valence-corrected chi connectivity index (χ0v) is 11.8. The standard InChI is InChI=1S/C16H14N2OS/c17-11-13-9-10-16(20-13)18-14(7-4-8-15(18)19)12-5-2-1-3-6-12/h1-3,5-6,9-10,14H,4,7-8H2. The van der Waals surface area contributed by atoms with Crippen LogP contribution in [0.15, 0.2) is 42.5 Å². The summed E-state index contributed by atoms with van der Waals surface area (Å²) in [5, 5.41) is 9.83. The van der Waals surface area contributed by atoms with Gasteiger partial charge in [-0.2, -0.15) is 5.26 Å². The van der Waals surface area contributed by atoms with Gasteiger partial charge in [0.25, 0.3) is 0 Å². The second-order valence-corrected chi connectivity index (χ2v) is 5.89. The number of anilines is 1. The van der Waals surface area contributed by atoms with E-state index in [1.165, 1.54) is 11.3 Å². The van der Waals surface area contributed by atoms with Gasteiger partial charge in [0.2, 0.25) is 5.91 Å². The summed E-state index contributed by atoms with van der Waals surface area (Å²) in [5.41, 5.74) is 1.16. The number of thiophene rings is 1. The van der Waals surface area contributed by atoms with E-state index in [9.17, 15) is 4.79 Å². The summed E-state index contributed by atoms with van der Waals surface area (Å²) in [7, 11) is 0. The highest BCUT2D eigenvalue weighted by Crippen LogP contribution is 2.38. The molecule has 1 aliphatic rings. The van der Waals surface area contributed by atoms with Gasteiger partial charge in [0.1, 0.15) is 10.9 Å². The Bertz CT molecular complexity index is 657. The van der Waals surface area contributed by atoms with E-state index in [-0.39, 0.29) is 11.9 Å². The van der Waals surface area contributed by atoms with Gasteiger partial charge >= 0.3 is 0 Å². The van der Waals surface area contributed by atoms with E-state index in [4.69, 9.17) is 5.26 Å². The minimum Gasteiger partial charge on any atom is -0.296 e. The second kappa shape index (κ2) is 5.48. The number of benzene rings is 1. The first-order chi connectivity index (χ1) is 9.79. The van der Waals surface area contributed by atoms with Gasteiger partial charge in [0.05, 0.1) is 11.0 Å². The highest BCUT2D eigenvalue weighted by Gasteiger charge is 2.31. The molecule has 100 valence electrons. The highest BCUT2D eigenvalue weighted by molar-refractivity contribution is 7.16. The Labute approximate surface area is 122 Å². The van der Waals surface area contributed by atoms with Crippen molar-refractivity contribution in [1.29, 1.82) is 5.26 Å². The summed E-state index contributed by atoms with van der Waals surface area (Å²) in [5.74, 6) is 0.149. The minimum atomic E-state index is 0.0858. The predicted octanol–water partition coefficient (Wildman–Crippen LogP) is 3.88. The molecule has 0 radical (unpaired) electrons. The van der Waals surface area contributed by atoms with Crippen molar-refractivity contribution in [3.05, 3.63) is 52.9 Å². The van der Waals surface area contributed by atoms with Crippen molar-refractivity contribution in [2.75, 3.05) is 4.90 Å². The third-order valence-electron chi connectivity index (χ3n) is 3.57. The third-order valence-corrected chi connectivity index (χ3v) is 4.56. The van der Waals surface area contributed by atoms with E-state index in [0.717, 1.165) is 23.4 Å². The van der Waals surface area contributed by atoms with E-state index in [1.54, 1.807) is 6.07 Å². The molecule has 1 fully saturated rings. The third kappa shape index (κ3) is 2.33. The largest absolute Gasteiger partial charge is 0.296 e. The Morgan fingerprint density at radius 2 is 2.00 bits per heavy atom. The second-order valence-electron chi connectivity index (χ2n) is 4.83. The molecule has 1 atom stereocenters. The molecule has 2 heterocycles. The number of piperidine rings is 1. The average molecular weight is 282 g/mol. The number of amides is 1. The lowest BCUT2D eigenvalue weighted by Crippen LogP contribution is -2.37. The van der Waals surface area contributed by atoms with Gasteiger partial charge < -0.3 is 0 Å². The van der Waals surface area contributed by atoms with E-state index < -0.39 is 0 Å². The SMILES string of the molecule is N#Cc1ccc(N2C(=O)CCCC2c2ccccc2)s1. The fourth-order valence-corrected chi connectivity index (χ4v) is 3.53. The maximum atomic E-state index is 12.3. The van der Waals surface area contributed by atoms with E-state index in [0.29, 0.717) is 11.3 Å². The number of hydrogen-bond donors (Lipinski definition) is 0. The molecule has 20 heavy (non-hydrogen) atoms. The molecule has 3 rings (SSSR count). The number of rotatable bonds is 2. The van der Waals surface area contributed by atoms with Crippen LogP contribution in [0.25, 0.3) is 0 Å². The first-order valence-corrected chi connectivity index (χ1v) is 7.48. The van der Waals surface area contributed by atoms with Crippen molar-refractivity contribution in [2.45, 2.75) is 25.3 Å². The number of hydrogen-bond acceptors (Lipinski definition) is 3. The monoisotopic (exact) mass is 282 g/mol. The van der Waals surface area contributed by atoms with Crippen molar-refractivity contribution >= 4 is 22.2 Å². The van der Waals surface area contributed by atoms with Crippen LogP contribution >= 0.6 is 11.3 Å². The maximum absolute atomic E-state index is 12.3. The zero-order valence-electron chi connectivity index (χ0n) is 11.0. The van der Waals surface area contributed by atoms with Crippen molar-refractivity contribution in [3.63, 3.8) is 0 Å². The molecule has 2 aromatic rings. The summed E-state index contributed by atoms with van der Waals surface area (Å²) in [4.78, 5) is 14.8. The van der Waals surface area contributed by atoms with Crippen LogP contribution in [0.5, 0.6) is 0 Å². The Balaban J connectivity index is 1.99.